The van der Waals surface area contributed by atoms with Crippen LogP contribution >= 0.6 is 11.3 Å². The van der Waals surface area contributed by atoms with Gasteiger partial charge in [0.2, 0.25) is 5.91 Å². The van der Waals surface area contributed by atoms with E-state index < -0.39 is 11.9 Å². The van der Waals surface area contributed by atoms with Crippen LogP contribution in [0.4, 0.5) is 5.69 Å². The van der Waals surface area contributed by atoms with Gasteiger partial charge in [-0.05, 0) is 62.4 Å². The average molecular weight is 494 g/mol. The topological polar surface area (TPSA) is 91.7 Å². The fraction of sp³-hybridized carbons (Fsp3) is 0.370. The number of carbonyl (C=O) groups is 3. The van der Waals surface area contributed by atoms with Gasteiger partial charge in [-0.15, -0.1) is 11.3 Å². The molecule has 0 spiro atoms. The van der Waals surface area contributed by atoms with Crippen molar-refractivity contribution in [1.29, 1.82) is 0 Å². The number of nitrogens with one attached hydrogen (secondary N) is 2. The lowest BCUT2D eigenvalue weighted by atomic mass is 9.95. The number of nitrogens with zero attached hydrogens (tertiary/aromatic N) is 1. The predicted octanol–water partition coefficient (Wildman–Crippen LogP) is 4.91. The van der Waals surface area contributed by atoms with Crippen LogP contribution in [0.5, 0.6) is 0 Å². The Morgan fingerprint density at radius 2 is 1.77 bits per heavy atom. The summed E-state index contributed by atoms with van der Waals surface area (Å²) >= 11 is 1.30. The second-order valence-corrected chi connectivity index (χ2v) is 9.90. The number of rotatable bonds is 8. The molecule has 35 heavy (non-hydrogen) atoms. The SMILES string of the molecule is Cc1ccc(N(C(=O)CNC(=O)c2cccs2)C(C(=O)NC2CCCCC2)c2ccc(C)o2)cc1. The van der Waals surface area contributed by atoms with Gasteiger partial charge in [0, 0.05) is 11.7 Å². The molecule has 1 fully saturated rings. The minimum Gasteiger partial charge on any atom is -0.464 e. The molecule has 184 valence electrons. The molecule has 0 saturated heterocycles. The van der Waals surface area contributed by atoms with Crippen LogP contribution in [-0.2, 0) is 9.59 Å². The van der Waals surface area contributed by atoms with E-state index in [4.69, 9.17) is 4.42 Å². The monoisotopic (exact) mass is 493 g/mol. The first-order valence-electron chi connectivity index (χ1n) is 12.0. The highest BCUT2D eigenvalue weighted by Crippen LogP contribution is 2.30. The van der Waals surface area contributed by atoms with Gasteiger partial charge in [0.05, 0.1) is 11.4 Å². The minimum absolute atomic E-state index is 0.0725. The fourth-order valence-corrected chi connectivity index (χ4v) is 5.02. The Hall–Kier alpha value is -3.39. The lowest BCUT2D eigenvalue weighted by molar-refractivity contribution is -0.127. The summed E-state index contributed by atoms with van der Waals surface area (Å²) in [5.41, 5.74) is 1.59. The summed E-state index contributed by atoms with van der Waals surface area (Å²) in [6.07, 6.45) is 5.16. The second kappa shape index (κ2) is 11.4. The van der Waals surface area contributed by atoms with E-state index in [9.17, 15) is 14.4 Å². The van der Waals surface area contributed by atoms with E-state index in [1.807, 2.05) is 31.2 Å². The number of hydrogen-bond acceptors (Lipinski definition) is 5. The number of benzene rings is 1. The van der Waals surface area contributed by atoms with Gasteiger partial charge in [0.15, 0.2) is 6.04 Å². The molecule has 3 amide bonds. The van der Waals surface area contributed by atoms with E-state index in [2.05, 4.69) is 10.6 Å². The molecule has 3 aromatic rings. The average Bonchev–Trinajstić information content (AvgIpc) is 3.54. The fourth-order valence-electron chi connectivity index (χ4n) is 4.38. The summed E-state index contributed by atoms with van der Waals surface area (Å²) in [6.45, 7) is 3.51. The molecule has 2 aromatic heterocycles. The molecule has 2 N–H and O–H groups in total. The Bertz CT molecular complexity index is 1150. The number of carbonyl (C=O) groups excluding carboxylic acids is 3. The van der Waals surface area contributed by atoms with Gasteiger partial charge >= 0.3 is 0 Å². The van der Waals surface area contributed by atoms with Crippen LogP contribution in [0, 0.1) is 13.8 Å². The van der Waals surface area contributed by atoms with Crippen molar-refractivity contribution in [2.45, 2.75) is 58.0 Å². The summed E-state index contributed by atoms with van der Waals surface area (Å²) in [4.78, 5) is 41.7. The number of hydrogen-bond donors (Lipinski definition) is 2. The zero-order chi connectivity index (χ0) is 24.8. The first kappa shape index (κ1) is 24.7. The van der Waals surface area contributed by atoms with Crippen molar-refractivity contribution in [2.24, 2.45) is 0 Å². The van der Waals surface area contributed by atoms with Crippen LogP contribution in [0.25, 0.3) is 0 Å². The molecular weight excluding hydrogens is 462 g/mol. The summed E-state index contributed by atoms with van der Waals surface area (Å²) < 4.78 is 5.88. The van der Waals surface area contributed by atoms with Crippen molar-refractivity contribution < 1.29 is 18.8 Å². The third-order valence-electron chi connectivity index (χ3n) is 6.21. The number of amides is 3. The Kier molecular flexibility index (Phi) is 8.02. The first-order valence-corrected chi connectivity index (χ1v) is 12.9. The molecule has 0 aliphatic heterocycles. The van der Waals surface area contributed by atoms with Crippen LogP contribution in [0.3, 0.4) is 0 Å². The molecule has 0 bridgehead atoms. The van der Waals surface area contributed by atoms with Gasteiger partial charge in [-0.2, -0.15) is 0 Å². The van der Waals surface area contributed by atoms with Crippen molar-refractivity contribution in [3.8, 4) is 0 Å². The molecule has 1 aliphatic rings. The highest BCUT2D eigenvalue weighted by Gasteiger charge is 2.36. The highest BCUT2D eigenvalue weighted by molar-refractivity contribution is 7.12. The number of anilines is 1. The molecule has 1 atom stereocenters. The molecule has 7 nitrogen and oxygen atoms in total. The Labute approximate surface area is 209 Å². The molecule has 1 aromatic carbocycles. The Morgan fingerprint density at radius 3 is 2.40 bits per heavy atom. The molecule has 8 heteroatoms. The molecule has 1 aliphatic carbocycles. The van der Waals surface area contributed by atoms with E-state index >= 15 is 0 Å². The van der Waals surface area contributed by atoms with E-state index in [1.54, 1.807) is 36.6 Å². The number of aryl methyl sites for hydroxylation is 2. The van der Waals surface area contributed by atoms with Gasteiger partial charge < -0.3 is 15.1 Å². The lowest BCUT2D eigenvalue weighted by Crippen LogP contribution is -2.49. The van der Waals surface area contributed by atoms with Gasteiger partial charge in [-0.25, -0.2) is 0 Å². The van der Waals surface area contributed by atoms with Crippen LogP contribution in [0.1, 0.15) is 64.9 Å². The predicted molar refractivity (Wildman–Crippen MR) is 137 cm³/mol. The Morgan fingerprint density at radius 1 is 1.03 bits per heavy atom. The van der Waals surface area contributed by atoms with E-state index in [0.717, 1.165) is 31.2 Å². The van der Waals surface area contributed by atoms with Gasteiger partial charge in [0.1, 0.15) is 11.5 Å². The van der Waals surface area contributed by atoms with Crippen LogP contribution < -0.4 is 15.5 Å². The minimum atomic E-state index is -1.00. The van der Waals surface area contributed by atoms with Crippen molar-refractivity contribution in [3.05, 3.63) is 75.9 Å². The van der Waals surface area contributed by atoms with Crippen molar-refractivity contribution in [3.63, 3.8) is 0 Å². The van der Waals surface area contributed by atoms with E-state index in [1.165, 1.54) is 22.7 Å². The maximum absolute atomic E-state index is 13.7. The third-order valence-corrected chi connectivity index (χ3v) is 7.08. The molecule has 1 saturated carbocycles. The summed E-state index contributed by atoms with van der Waals surface area (Å²) in [7, 11) is 0. The van der Waals surface area contributed by atoms with Crippen molar-refractivity contribution in [2.75, 3.05) is 11.4 Å². The summed E-state index contributed by atoms with van der Waals surface area (Å²) in [5, 5.41) is 7.65. The lowest BCUT2D eigenvalue weighted by Gasteiger charge is -2.32. The van der Waals surface area contributed by atoms with Crippen molar-refractivity contribution in [1.82, 2.24) is 10.6 Å². The molecule has 0 radical (unpaired) electrons. The second-order valence-electron chi connectivity index (χ2n) is 8.95. The maximum Gasteiger partial charge on any atom is 0.261 e. The first-order chi connectivity index (χ1) is 16.9. The quantitative estimate of drug-likeness (QED) is 0.466. The van der Waals surface area contributed by atoms with Crippen LogP contribution in [0.2, 0.25) is 0 Å². The third kappa shape index (κ3) is 6.19. The van der Waals surface area contributed by atoms with E-state index in [-0.39, 0.29) is 24.4 Å². The number of thiophene rings is 1. The molecule has 2 heterocycles. The zero-order valence-electron chi connectivity index (χ0n) is 20.1. The number of furan rings is 1. The van der Waals surface area contributed by atoms with Gasteiger partial charge in [-0.3, -0.25) is 19.3 Å². The standard InChI is InChI=1S/C27H31N3O4S/c1-18-10-13-21(14-11-18)30(24(31)17-28-26(32)23-9-6-16-35-23)25(22-15-12-19(2)34-22)27(33)29-20-7-4-3-5-8-20/h6,9-16,20,25H,3-5,7-8,17H2,1-2H3,(H,28,32)(H,29,33). The van der Waals surface area contributed by atoms with Crippen molar-refractivity contribution >= 4 is 34.7 Å². The Balaban J connectivity index is 1.64. The molecule has 1 unspecified atom stereocenters. The summed E-state index contributed by atoms with van der Waals surface area (Å²) in [5.74, 6) is 0.0164. The smallest absolute Gasteiger partial charge is 0.261 e. The maximum atomic E-state index is 13.7. The normalized spacial score (nSPS) is 14.8. The largest absolute Gasteiger partial charge is 0.464 e. The highest BCUT2D eigenvalue weighted by atomic mass is 32.1. The molecule has 4 rings (SSSR count). The zero-order valence-corrected chi connectivity index (χ0v) is 20.9. The van der Waals surface area contributed by atoms with Gasteiger partial charge in [-0.1, -0.05) is 43.0 Å². The summed E-state index contributed by atoms with van der Waals surface area (Å²) in [6, 6.07) is 13.5. The molecular formula is C27H31N3O4S. The van der Waals surface area contributed by atoms with E-state index in [0.29, 0.717) is 22.1 Å². The van der Waals surface area contributed by atoms with Crippen LogP contribution in [-0.4, -0.2) is 30.3 Å². The van der Waals surface area contributed by atoms with Gasteiger partial charge in [0.25, 0.3) is 11.8 Å². The van der Waals surface area contributed by atoms with Crippen LogP contribution in [0.15, 0.2) is 58.3 Å².